The van der Waals surface area contributed by atoms with Crippen LogP contribution in [0.25, 0.3) is 0 Å². The Kier molecular flexibility index (Phi) is 8.25. The summed E-state index contributed by atoms with van der Waals surface area (Å²) in [6.45, 7) is 1.77. The van der Waals surface area contributed by atoms with Crippen molar-refractivity contribution in [2.45, 2.75) is 63.2 Å². The van der Waals surface area contributed by atoms with Crippen molar-refractivity contribution in [2.24, 2.45) is 0 Å². The lowest BCUT2D eigenvalue weighted by atomic mass is 9.99. The first-order chi connectivity index (χ1) is 12.1. The monoisotopic (exact) mass is 356 g/mol. The van der Waals surface area contributed by atoms with Crippen LogP contribution >= 0.6 is 0 Å². The SMILES string of the molecule is CCOC(CCCc1ccccc1)O[C@@H]1O[C@H](CO)[C@@H](O)[C@H](O)[C@H]1O. The van der Waals surface area contributed by atoms with E-state index in [9.17, 15) is 20.4 Å². The molecular weight excluding hydrogens is 328 g/mol. The second-order valence-electron chi connectivity index (χ2n) is 6.10. The van der Waals surface area contributed by atoms with Gasteiger partial charge in [-0.1, -0.05) is 30.3 Å². The van der Waals surface area contributed by atoms with Crippen molar-refractivity contribution >= 4 is 0 Å². The number of hydrogen-bond acceptors (Lipinski definition) is 7. The molecule has 0 saturated carbocycles. The van der Waals surface area contributed by atoms with E-state index < -0.39 is 43.6 Å². The van der Waals surface area contributed by atoms with Crippen LogP contribution < -0.4 is 0 Å². The van der Waals surface area contributed by atoms with Crippen LogP contribution in [0.5, 0.6) is 0 Å². The van der Waals surface area contributed by atoms with Gasteiger partial charge in [0.15, 0.2) is 12.6 Å². The third-order valence-electron chi connectivity index (χ3n) is 4.24. The zero-order valence-corrected chi connectivity index (χ0v) is 14.4. The molecule has 4 N–H and O–H groups in total. The molecule has 1 saturated heterocycles. The van der Waals surface area contributed by atoms with Crippen molar-refractivity contribution < 1.29 is 34.6 Å². The second kappa shape index (κ2) is 10.2. The number of aliphatic hydroxyl groups is 4. The Morgan fingerprint density at radius 2 is 1.80 bits per heavy atom. The fraction of sp³-hybridized carbons (Fsp3) is 0.667. The predicted octanol–water partition coefficient (Wildman–Crippen LogP) is 0.188. The Morgan fingerprint density at radius 3 is 2.44 bits per heavy atom. The van der Waals surface area contributed by atoms with E-state index >= 15 is 0 Å². The summed E-state index contributed by atoms with van der Waals surface area (Å²) >= 11 is 0. The Bertz CT molecular complexity index is 482. The maximum Gasteiger partial charge on any atom is 0.189 e. The summed E-state index contributed by atoms with van der Waals surface area (Å²) in [6.07, 6.45) is -4.80. The van der Waals surface area contributed by atoms with Crippen molar-refractivity contribution in [1.29, 1.82) is 0 Å². The zero-order valence-electron chi connectivity index (χ0n) is 14.4. The van der Waals surface area contributed by atoms with Gasteiger partial charge in [0.2, 0.25) is 0 Å². The quantitative estimate of drug-likeness (QED) is 0.468. The average Bonchev–Trinajstić information content (AvgIpc) is 2.63. The van der Waals surface area contributed by atoms with Gasteiger partial charge in [-0.25, -0.2) is 0 Å². The van der Waals surface area contributed by atoms with Crippen LogP contribution in [0.15, 0.2) is 30.3 Å². The van der Waals surface area contributed by atoms with E-state index in [0.29, 0.717) is 13.0 Å². The molecule has 1 aliphatic heterocycles. The normalized spacial score (nSPS) is 31.0. The van der Waals surface area contributed by atoms with Crippen LogP contribution in [0, 0.1) is 0 Å². The van der Waals surface area contributed by atoms with E-state index in [1.165, 1.54) is 5.56 Å². The highest BCUT2D eigenvalue weighted by Gasteiger charge is 2.44. The minimum absolute atomic E-state index is 0.424. The fourth-order valence-electron chi connectivity index (χ4n) is 2.82. The van der Waals surface area contributed by atoms with Crippen molar-refractivity contribution in [2.75, 3.05) is 13.2 Å². The zero-order chi connectivity index (χ0) is 18.2. The lowest BCUT2D eigenvalue weighted by molar-refractivity contribution is -0.337. The first-order valence-electron chi connectivity index (χ1n) is 8.68. The van der Waals surface area contributed by atoms with Gasteiger partial charge in [0, 0.05) is 6.61 Å². The predicted molar refractivity (Wildman–Crippen MR) is 89.6 cm³/mol. The van der Waals surface area contributed by atoms with Gasteiger partial charge in [-0.3, -0.25) is 0 Å². The number of ether oxygens (including phenoxy) is 3. The van der Waals surface area contributed by atoms with E-state index in [1.807, 2.05) is 37.3 Å². The molecular formula is C18H28O7. The lowest BCUT2D eigenvalue weighted by Gasteiger charge is -2.40. The molecule has 1 unspecified atom stereocenters. The second-order valence-corrected chi connectivity index (χ2v) is 6.10. The van der Waals surface area contributed by atoms with Crippen LogP contribution in [0.4, 0.5) is 0 Å². The molecule has 1 aromatic rings. The highest BCUT2D eigenvalue weighted by molar-refractivity contribution is 5.14. The van der Waals surface area contributed by atoms with E-state index in [2.05, 4.69) is 0 Å². The summed E-state index contributed by atoms with van der Waals surface area (Å²) in [5.74, 6) is 0. The smallest absolute Gasteiger partial charge is 0.189 e. The van der Waals surface area contributed by atoms with Gasteiger partial charge in [0.25, 0.3) is 0 Å². The maximum absolute atomic E-state index is 10.0. The Balaban J connectivity index is 1.88. The molecule has 142 valence electrons. The molecule has 0 amide bonds. The van der Waals surface area contributed by atoms with Gasteiger partial charge >= 0.3 is 0 Å². The summed E-state index contributed by atoms with van der Waals surface area (Å²) in [5, 5.41) is 38.9. The van der Waals surface area contributed by atoms with Crippen molar-refractivity contribution in [1.82, 2.24) is 0 Å². The molecule has 6 atom stereocenters. The molecule has 0 spiro atoms. The summed E-state index contributed by atoms with van der Waals surface area (Å²) < 4.78 is 16.6. The topological polar surface area (TPSA) is 109 Å². The Hall–Kier alpha value is -1.06. The molecule has 7 nitrogen and oxygen atoms in total. The maximum atomic E-state index is 10.0. The molecule has 0 bridgehead atoms. The van der Waals surface area contributed by atoms with Gasteiger partial charge in [-0.15, -0.1) is 0 Å². The Morgan fingerprint density at radius 1 is 1.08 bits per heavy atom. The van der Waals surface area contributed by atoms with Crippen LogP contribution in [-0.2, 0) is 20.6 Å². The van der Waals surface area contributed by atoms with Crippen molar-refractivity contribution in [3.05, 3.63) is 35.9 Å². The molecule has 0 aromatic heterocycles. The number of aliphatic hydroxyl groups excluding tert-OH is 4. The molecule has 0 radical (unpaired) electrons. The van der Waals surface area contributed by atoms with E-state index in [-0.39, 0.29) is 0 Å². The standard InChI is InChI=1S/C18H28O7/c1-2-23-14(10-6-9-12-7-4-3-5-8-12)25-18-17(22)16(21)15(20)13(11-19)24-18/h3-5,7-8,13-22H,2,6,9-11H2,1H3/t13-,14?,15-,16+,17-,18+/m1/s1. The molecule has 0 aliphatic carbocycles. The molecule has 2 rings (SSSR count). The van der Waals surface area contributed by atoms with Gasteiger partial charge in [-0.05, 0) is 31.7 Å². The summed E-state index contributed by atoms with van der Waals surface area (Å²) in [5.41, 5.74) is 1.21. The largest absolute Gasteiger partial charge is 0.394 e. The van der Waals surface area contributed by atoms with Crippen LogP contribution in [0.2, 0.25) is 0 Å². The van der Waals surface area contributed by atoms with Crippen LogP contribution in [0.3, 0.4) is 0 Å². The summed E-state index contributed by atoms with van der Waals surface area (Å²) in [4.78, 5) is 0. The minimum atomic E-state index is -1.46. The number of hydrogen-bond donors (Lipinski definition) is 4. The van der Waals surface area contributed by atoms with Gasteiger partial charge in [0.1, 0.15) is 24.4 Å². The molecule has 1 aliphatic rings. The highest BCUT2D eigenvalue weighted by Crippen LogP contribution is 2.24. The van der Waals surface area contributed by atoms with E-state index in [1.54, 1.807) is 0 Å². The van der Waals surface area contributed by atoms with Gasteiger partial charge in [0.05, 0.1) is 6.61 Å². The molecule has 1 aromatic carbocycles. The molecule has 1 heterocycles. The number of aryl methyl sites for hydroxylation is 1. The van der Waals surface area contributed by atoms with Crippen molar-refractivity contribution in [3.63, 3.8) is 0 Å². The highest BCUT2D eigenvalue weighted by atomic mass is 16.8. The van der Waals surface area contributed by atoms with Gasteiger partial charge in [-0.2, -0.15) is 0 Å². The summed E-state index contributed by atoms with van der Waals surface area (Å²) in [6, 6.07) is 10.0. The van der Waals surface area contributed by atoms with Gasteiger partial charge < -0.3 is 34.6 Å². The van der Waals surface area contributed by atoms with E-state index in [0.717, 1.165) is 12.8 Å². The fourth-order valence-corrected chi connectivity index (χ4v) is 2.82. The average molecular weight is 356 g/mol. The van der Waals surface area contributed by atoms with Crippen molar-refractivity contribution in [3.8, 4) is 0 Å². The number of rotatable bonds is 9. The summed E-state index contributed by atoms with van der Waals surface area (Å²) in [7, 11) is 0. The molecule has 7 heteroatoms. The lowest BCUT2D eigenvalue weighted by Crippen LogP contribution is -2.59. The third kappa shape index (κ3) is 5.72. The van der Waals surface area contributed by atoms with E-state index in [4.69, 9.17) is 14.2 Å². The first-order valence-corrected chi connectivity index (χ1v) is 8.68. The third-order valence-corrected chi connectivity index (χ3v) is 4.24. The van der Waals surface area contributed by atoms with Crippen LogP contribution in [-0.4, -0.2) is 70.6 Å². The number of benzene rings is 1. The minimum Gasteiger partial charge on any atom is -0.394 e. The Labute approximate surface area is 147 Å². The van der Waals surface area contributed by atoms with Crippen LogP contribution in [0.1, 0.15) is 25.3 Å². The first kappa shape index (κ1) is 20.3. The molecule has 1 fully saturated rings. The molecule has 25 heavy (non-hydrogen) atoms.